The second-order valence-electron chi connectivity index (χ2n) is 3.14. The molecule has 0 spiro atoms. The van der Waals surface area contributed by atoms with Gasteiger partial charge in [0.25, 0.3) is 0 Å². The maximum absolute atomic E-state index is 11.7. The minimum atomic E-state index is -4.33. The molecule has 0 aromatic carbocycles. The lowest BCUT2D eigenvalue weighted by molar-refractivity contribution is -0.175. The Morgan fingerprint density at radius 1 is 1.53 bits per heavy atom. The zero-order valence-electron chi connectivity index (χ0n) is 8.43. The first-order valence-corrected chi connectivity index (χ1v) is 4.49. The summed E-state index contributed by atoms with van der Waals surface area (Å²) in [5.74, 6) is -0.291. The van der Waals surface area contributed by atoms with E-state index in [1.54, 1.807) is 6.92 Å². The zero-order valence-corrected chi connectivity index (χ0v) is 8.43. The van der Waals surface area contributed by atoms with Gasteiger partial charge < -0.3 is 15.8 Å². The molecule has 1 unspecified atom stereocenters. The normalized spacial score (nSPS) is 13.7. The van der Waals surface area contributed by atoms with Gasteiger partial charge >= 0.3 is 6.18 Å². The van der Waals surface area contributed by atoms with E-state index in [9.17, 15) is 18.0 Å². The number of carbonyl (C=O) groups is 1. The topological polar surface area (TPSA) is 64.3 Å². The van der Waals surface area contributed by atoms with Crippen LogP contribution in [0.15, 0.2) is 0 Å². The highest BCUT2D eigenvalue weighted by Gasteiger charge is 2.27. The first-order chi connectivity index (χ1) is 6.85. The van der Waals surface area contributed by atoms with Gasteiger partial charge in [0.2, 0.25) is 5.91 Å². The lowest BCUT2D eigenvalue weighted by Crippen LogP contribution is -2.37. The summed E-state index contributed by atoms with van der Waals surface area (Å²) in [5.41, 5.74) is 5.12. The third-order valence-corrected chi connectivity index (χ3v) is 1.41. The van der Waals surface area contributed by atoms with Gasteiger partial charge in [0, 0.05) is 19.0 Å². The van der Waals surface area contributed by atoms with Crippen LogP contribution >= 0.6 is 0 Å². The summed E-state index contributed by atoms with van der Waals surface area (Å²) in [6, 6.07) is -0.452. The van der Waals surface area contributed by atoms with Gasteiger partial charge in [-0.3, -0.25) is 4.79 Å². The van der Waals surface area contributed by atoms with E-state index in [1.165, 1.54) is 0 Å². The number of carbonyl (C=O) groups excluding carboxylic acids is 1. The second kappa shape index (κ2) is 6.62. The van der Waals surface area contributed by atoms with Crippen LogP contribution in [0, 0.1) is 0 Å². The maximum Gasteiger partial charge on any atom is 0.411 e. The molecular formula is C8H15F3N2O2. The molecule has 15 heavy (non-hydrogen) atoms. The van der Waals surface area contributed by atoms with E-state index in [4.69, 9.17) is 5.73 Å². The molecule has 0 aliphatic carbocycles. The Labute approximate surface area is 86.0 Å². The fourth-order valence-electron chi connectivity index (χ4n) is 0.871. The van der Waals surface area contributed by atoms with Crippen molar-refractivity contribution >= 4 is 5.91 Å². The molecule has 0 saturated carbocycles. The molecule has 7 heteroatoms. The Hall–Kier alpha value is -0.820. The number of hydrogen-bond acceptors (Lipinski definition) is 3. The molecule has 0 aromatic rings. The van der Waals surface area contributed by atoms with Crippen molar-refractivity contribution in [1.29, 1.82) is 0 Å². The number of alkyl halides is 3. The Kier molecular flexibility index (Phi) is 6.26. The van der Waals surface area contributed by atoms with E-state index in [0.717, 1.165) is 0 Å². The molecule has 0 rings (SSSR count). The first kappa shape index (κ1) is 14.2. The van der Waals surface area contributed by atoms with E-state index >= 15 is 0 Å². The molecule has 0 bridgehead atoms. The van der Waals surface area contributed by atoms with Crippen LogP contribution < -0.4 is 11.1 Å². The van der Waals surface area contributed by atoms with Gasteiger partial charge in [-0.1, -0.05) is 0 Å². The molecule has 0 fully saturated rings. The molecule has 0 aliphatic rings. The van der Waals surface area contributed by atoms with E-state index in [-0.39, 0.29) is 25.5 Å². The number of hydrogen-bond donors (Lipinski definition) is 2. The van der Waals surface area contributed by atoms with Crippen LogP contribution in [0.5, 0.6) is 0 Å². The third kappa shape index (κ3) is 9.48. The first-order valence-electron chi connectivity index (χ1n) is 4.49. The van der Waals surface area contributed by atoms with Gasteiger partial charge in [0.1, 0.15) is 6.61 Å². The summed E-state index contributed by atoms with van der Waals surface area (Å²) in [6.07, 6.45) is -4.18. The average Bonchev–Trinajstić information content (AvgIpc) is 2.01. The largest absolute Gasteiger partial charge is 0.411 e. The molecule has 1 amide bonds. The van der Waals surface area contributed by atoms with Crippen molar-refractivity contribution in [2.24, 2.45) is 5.73 Å². The van der Waals surface area contributed by atoms with Crippen molar-refractivity contribution in [2.75, 3.05) is 19.8 Å². The molecule has 90 valence electrons. The molecule has 4 nitrogen and oxygen atoms in total. The molecule has 1 atom stereocenters. The number of amides is 1. The predicted molar refractivity (Wildman–Crippen MR) is 48.2 cm³/mol. The van der Waals surface area contributed by atoms with Crippen molar-refractivity contribution in [3.05, 3.63) is 0 Å². The summed E-state index contributed by atoms with van der Waals surface area (Å²) in [7, 11) is 0. The molecular weight excluding hydrogens is 213 g/mol. The van der Waals surface area contributed by atoms with Gasteiger partial charge in [-0.2, -0.15) is 13.2 Å². The zero-order chi connectivity index (χ0) is 11.9. The lowest BCUT2D eigenvalue weighted by atomic mass is 10.3. The van der Waals surface area contributed by atoms with Gasteiger partial charge in [-0.15, -0.1) is 0 Å². The molecule has 0 heterocycles. The van der Waals surface area contributed by atoms with E-state index in [0.29, 0.717) is 0 Å². The van der Waals surface area contributed by atoms with Gasteiger partial charge in [-0.05, 0) is 6.92 Å². The fourth-order valence-corrected chi connectivity index (χ4v) is 0.871. The van der Waals surface area contributed by atoms with E-state index < -0.39 is 18.8 Å². The quantitative estimate of drug-likeness (QED) is 0.692. The average molecular weight is 228 g/mol. The molecule has 0 radical (unpaired) electrons. The highest BCUT2D eigenvalue weighted by molar-refractivity contribution is 5.76. The highest BCUT2D eigenvalue weighted by Crippen LogP contribution is 2.14. The molecule has 0 aliphatic heterocycles. The van der Waals surface area contributed by atoms with Crippen LogP contribution in [0.25, 0.3) is 0 Å². The van der Waals surface area contributed by atoms with Crippen LogP contribution in [0.4, 0.5) is 13.2 Å². The summed E-state index contributed by atoms with van der Waals surface area (Å²) in [4.78, 5) is 10.9. The van der Waals surface area contributed by atoms with E-state index in [2.05, 4.69) is 10.1 Å². The maximum atomic E-state index is 11.7. The van der Waals surface area contributed by atoms with E-state index in [1.807, 2.05) is 0 Å². The SMILES string of the molecule is CC(COCC(F)(F)F)NC(=O)CCN. The third-order valence-electron chi connectivity index (χ3n) is 1.41. The number of rotatable bonds is 6. The monoisotopic (exact) mass is 228 g/mol. The van der Waals surface area contributed by atoms with Crippen LogP contribution in [0.1, 0.15) is 13.3 Å². The van der Waals surface area contributed by atoms with Gasteiger partial charge in [0.05, 0.1) is 6.61 Å². The minimum absolute atomic E-state index is 0.156. The Morgan fingerprint density at radius 3 is 2.60 bits per heavy atom. The summed E-state index contributed by atoms with van der Waals surface area (Å²) in [6.45, 7) is 0.298. The van der Waals surface area contributed by atoms with Crippen LogP contribution in [0.2, 0.25) is 0 Å². The van der Waals surface area contributed by atoms with Gasteiger partial charge in [-0.25, -0.2) is 0 Å². The highest BCUT2D eigenvalue weighted by atomic mass is 19.4. The van der Waals surface area contributed by atoms with Crippen molar-refractivity contribution in [2.45, 2.75) is 25.6 Å². The molecule has 0 aromatic heterocycles. The number of halogens is 3. The Morgan fingerprint density at radius 2 is 2.13 bits per heavy atom. The van der Waals surface area contributed by atoms with Crippen molar-refractivity contribution in [1.82, 2.24) is 5.32 Å². The van der Waals surface area contributed by atoms with Crippen molar-refractivity contribution < 1.29 is 22.7 Å². The smallest absolute Gasteiger partial charge is 0.370 e. The fraction of sp³-hybridized carbons (Fsp3) is 0.875. The van der Waals surface area contributed by atoms with Crippen LogP contribution in [-0.2, 0) is 9.53 Å². The number of nitrogens with two attached hydrogens (primary N) is 1. The Balaban J connectivity index is 3.57. The van der Waals surface area contributed by atoms with Crippen molar-refractivity contribution in [3.8, 4) is 0 Å². The predicted octanol–water partition coefficient (Wildman–Crippen LogP) is 0.419. The summed E-state index contributed by atoms with van der Waals surface area (Å²) < 4.78 is 39.3. The lowest BCUT2D eigenvalue weighted by Gasteiger charge is -2.14. The van der Waals surface area contributed by atoms with Gasteiger partial charge in [0.15, 0.2) is 0 Å². The number of ether oxygens (including phenoxy) is 1. The second-order valence-corrected chi connectivity index (χ2v) is 3.14. The van der Waals surface area contributed by atoms with Crippen LogP contribution in [0.3, 0.4) is 0 Å². The molecule has 3 N–H and O–H groups in total. The standard InChI is InChI=1S/C8H15F3N2O2/c1-6(13-7(14)2-3-12)4-15-5-8(9,10)11/h6H,2-5,12H2,1H3,(H,13,14). The minimum Gasteiger partial charge on any atom is -0.370 e. The Bertz CT molecular complexity index is 197. The summed E-state index contributed by atoms with van der Waals surface area (Å²) >= 11 is 0. The number of nitrogens with one attached hydrogen (secondary N) is 1. The van der Waals surface area contributed by atoms with Crippen LogP contribution in [-0.4, -0.2) is 37.9 Å². The molecule has 0 saturated heterocycles. The summed E-state index contributed by atoms with van der Waals surface area (Å²) in [5, 5.41) is 2.46. The van der Waals surface area contributed by atoms with Crippen molar-refractivity contribution in [3.63, 3.8) is 0 Å².